The second-order valence-corrected chi connectivity index (χ2v) is 19.6. The molecule has 0 aromatic heterocycles. The van der Waals surface area contributed by atoms with Crippen LogP contribution in [0.15, 0.2) is 30.9 Å². The fraction of sp³-hybridized carbons (Fsp3) is 0.607. The van der Waals surface area contributed by atoms with Gasteiger partial charge in [-0.15, -0.1) is 0 Å². The first-order chi connectivity index (χ1) is 18.9. The Morgan fingerprint density at radius 1 is 0.875 bits per heavy atom. The maximum atomic E-state index is 12.3. The lowest BCUT2D eigenvalue weighted by atomic mass is 10.1. The van der Waals surface area contributed by atoms with Crippen LogP contribution in [0.3, 0.4) is 0 Å². The standard InChI is InChI=1S/C28H48N2O8Si2/c1-8-10-19-39(4,5)38-40(6,7)20-11-14-34-15-16-37-28(33)30-25-21-24(13-12-23(25)3)22-29-27(32)36-18-17-35-26(31)9-2/h9,12-13,21H,2,8,10-11,14-20,22H2,1,3-7H3,(H,29,32)(H,30,33). The molecule has 0 radical (unpaired) electrons. The Hall–Kier alpha value is -2.68. The molecule has 0 unspecified atom stereocenters. The Bertz CT molecular complexity index is 956. The quantitative estimate of drug-likeness (QED) is 0.0643. The van der Waals surface area contributed by atoms with Crippen molar-refractivity contribution in [3.63, 3.8) is 0 Å². The number of unbranched alkanes of at least 4 members (excludes halogenated alkanes) is 1. The number of ether oxygens (including phenoxy) is 4. The number of amides is 2. The van der Waals surface area contributed by atoms with E-state index < -0.39 is 34.8 Å². The van der Waals surface area contributed by atoms with Crippen molar-refractivity contribution in [2.75, 3.05) is 38.4 Å². The number of carbonyl (C=O) groups excluding carboxylic acids is 3. The van der Waals surface area contributed by atoms with E-state index in [0.29, 0.717) is 18.9 Å². The normalized spacial score (nSPS) is 11.4. The summed E-state index contributed by atoms with van der Waals surface area (Å²) in [5.41, 5.74) is 2.18. The van der Waals surface area contributed by atoms with E-state index in [4.69, 9.17) is 23.1 Å². The van der Waals surface area contributed by atoms with Crippen molar-refractivity contribution in [2.45, 2.75) is 77.9 Å². The second-order valence-electron chi connectivity index (χ2n) is 10.7. The Morgan fingerprint density at radius 3 is 2.17 bits per heavy atom. The predicted molar refractivity (Wildman–Crippen MR) is 162 cm³/mol. The molecular weight excluding hydrogens is 548 g/mol. The molecule has 2 N–H and O–H groups in total. The number of aryl methyl sites for hydroxylation is 1. The Morgan fingerprint density at radius 2 is 1.50 bits per heavy atom. The van der Waals surface area contributed by atoms with Gasteiger partial charge in [-0.1, -0.05) is 38.5 Å². The first-order valence-corrected chi connectivity index (χ1v) is 20.1. The van der Waals surface area contributed by atoms with Gasteiger partial charge in [-0.3, -0.25) is 5.32 Å². The van der Waals surface area contributed by atoms with Gasteiger partial charge in [0.05, 0.1) is 6.61 Å². The third-order valence-corrected chi connectivity index (χ3v) is 13.5. The van der Waals surface area contributed by atoms with Crippen molar-refractivity contribution < 1.29 is 37.4 Å². The number of nitrogens with one attached hydrogen (secondary N) is 2. The zero-order valence-electron chi connectivity index (χ0n) is 25.1. The van der Waals surface area contributed by atoms with Crippen molar-refractivity contribution in [1.82, 2.24) is 5.32 Å². The number of anilines is 1. The van der Waals surface area contributed by atoms with Gasteiger partial charge >= 0.3 is 18.2 Å². The monoisotopic (exact) mass is 596 g/mol. The molecule has 0 atom stereocenters. The van der Waals surface area contributed by atoms with E-state index in [-0.39, 0.29) is 26.4 Å². The molecule has 2 amide bonds. The number of esters is 1. The minimum Gasteiger partial charge on any atom is -0.459 e. The van der Waals surface area contributed by atoms with Crippen molar-refractivity contribution in [1.29, 1.82) is 0 Å². The Kier molecular flexibility index (Phi) is 16.5. The topological polar surface area (TPSA) is 121 Å². The van der Waals surface area contributed by atoms with Crippen molar-refractivity contribution >= 4 is 40.5 Å². The molecule has 10 nitrogen and oxygen atoms in total. The van der Waals surface area contributed by atoms with Gasteiger partial charge in [-0.2, -0.15) is 0 Å². The summed E-state index contributed by atoms with van der Waals surface area (Å²) in [6.45, 7) is 17.7. The van der Waals surface area contributed by atoms with Crippen LogP contribution in [0.5, 0.6) is 0 Å². The van der Waals surface area contributed by atoms with Gasteiger partial charge in [0.2, 0.25) is 0 Å². The van der Waals surface area contributed by atoms with E-state index >= 15 is 0 Å². The molecule has 1 rings (SSSR count). The van der Waals surface area contributed by atoms with Gasteiger partial charge in [0.1, 0.15) is 19.8 Å². The maximum absolute atomic E-state index is 12.3. The SMILES string of the molecule is C=CC(=O)OCCOC(=O)NCc1ccc(C)c(NC(=O)OCCOCCC[Si](C)(C)O[Si](C)(C)CCCC)c1. The highest BCUT2D eigenvalue weighted by Crippen LogP contribution is 2.24. The summed E-state index contributed by atoms with van der Waals surface area (Å²) >= 11 is 0. The van der Waals surface area contributed by atoms with E-state index in [0.717, 1.165) is 29.7 Å². The number of rotatable bonds is 19. The second kappa shape index (κ2) is 18.6. The van der Waals surface area contributed by atoms with Gasteiger partial charge in [0.15, 0.2) is 16.6 Å². The zero-order valence-corrected chi connectivity index (χ0v) is 27.1. The molecule has 1 aromatic carbocycles. The molecule has 0 heterocycles. The van der Waals surface area contributed by atoms with Crippen LogP contribution in [0.2, 0.25) is 38.3 Å². The molecule has 0 saturated heterocycles. The van der Waals surface area contributed by atoms with Crippen molar-refractivity contribution in [3.8, 4) is 0 Å². The summed E-state index contributed by atoms with van der Waals surface area (Å²) in [5, 5.41) is 5.33. The fourth-order valence-corrected chi connectivity index (χ4v) is 13.0. The zero-order chi connectivity index (χ0) is 30.0. The molecule has 12 heteroatoms. The van der Waals surface area contributed by atoms with Crippen LogP contribution in [0.25, 0.3) is 0 Å². The molecule has 226 valence electrons. The van der Waals surface area contributed by atoms with E-state index in [9.17, 15) is 14.4 Å². The van der Waals surface area contributed by atoms with Crippen LogP contribution in [-0.2, 0) is 34.4 Å². The molecular formula is C28H48N2O8Si2. The van der Waals surface area contributed by atoms with Crippen molar-refractivity contribution in [2.24, 2.45) is 0 Å². The van der Waals surface area contributed by atoms with Gasteiger partial charge < -0.3 is 28.4 Å². The molecule has 40 heavy (non-hydrogen) atoms. The molecule has 0 fully saturated rings. The number of carbonyl (C=O) groups is 3. The summed E-state index contributed by atoms with van der Waals surface area (Å²) in [5.74, 6) is -0.583. The van der Waals surface area contributed by atoms with E-state index in [1.54, 1.807) is 6.07 Å². The Balaban J connectivity index is 2.29. The lowest BCUT2D eigenvalue weighted by molar-refractivity contribution is -0.138. The summed E-state index contributed by atoms with van der Waals surface area (Å²) in [6, 6.07) is 7.67. The minimum absolute atomic E-state index is 0.0579. The summed E-state index contributed by atoms with van der Waals surface area (Å²) in [4.78, 5) is 35.0. The van der Waals surface area contributed by atoms with Gasteiger partial charge in [0, 0.05) is 24.9 Å². The lowest BCUT2D eigenvalue weighted by Crippen LogP contribution is -2.44. The molecule has 0 aliphatic carbocycles. The first kappa shape index (κ1) is 35.4. The molecule has 0 aliphatic rings. The smallest absolute Gasteiger partial charge is 0.411 e. The fourth-order valence-electron chi connectivity index (χ4n) is 3.97. The first-order valence-electron chi connectivity index (χ1n) is 13.9. The van der Waals surface area contributed by atoms with Crippen LogP contribution < -0.4 is 10.6 Å². The summed E-state index contributed by atoms with van der Waals surface area (Å²) < 4.78 is 27.2. The molecule has 0 spiro atoms. The third kappa shape index (κ3) is 16.4. The number of alkyl carbamates (subject to hydrolysis) is 1. The van der Waals surface area contributed by atoms with Gasteiger partial charge in [0.25, 0.3) is 0 Å². The van der Waals surface area contributed by atoms with Crippen molar-refractivity contribution in [3.05, 3.63) is 42.0 Å². The Labute approximate surface area is 241 Å². The molecule has 0 saturated carbocycles. The number of benzene rings is 1. The van der Waals surface area contributed by atoms with Crippen LogP contribution in [0, 0.1) is 6.92 Å². The molecule has 0 aliphatic heterocycles. The van der Waals surface area contributed by atoms with Crippen LogP contribution in [0.1, 0.15) is 37.3 Å². The summed E-state index contributed by atoms with van der Waals surface area (Å²) in [6.07, 6.45) is 3.17. The molecule has 0 bridgehead atoms. The van der Waals surface area contributed by atoms with Gasteiger partial charge in [-0.05, 0) is 68.8 Å². The largest absolute Gasteiger partial charge is 0.459 e. The van der Waals surface area contributed by atoms with Crippen LogP contribution in [-0.4, -0.2) is 67.8 Å². The molecule has 1 aromatic rings. The lowest BCUT2D eigenvalue weighted by Gasteiger charge is -2.34. The van der Waals surface area contributed by atoms with E-state index in [2.05, 4.69) is 50.3 Å². The minimum atomic E-state index is -1.72. The van der Waals surface area contributed by atoms with E-state index in [1.165, 1.54) is 18.9 Å². The van der Waals surface area contributed by atoms with Crippen LogP contribution in [0.4, 0.5) is 15.3 Å². The third-order valence-electron chi connectivity index (χ3n) is 5.92. The highest BCUT2D eigenvalue weighted by Gasteiger charge is 2.32. The van der Waals surface area contributed by atoms with E-state index in [1.807, 2.05) is 19.1 Å². The predicted octanol–water partition coefficient (Wildman–Crippen LogP) is 6.13. The maximum Gasteiger partial charge on any atom is 0.411 e. The summed E-state index contributed by atoms with van der Waals surface area (Å²) in [7, 11) is -3.31. The van der Waals surface area contributed by atoms with Gasteiger partial charge in [-0.25, -0.2) is 14.4 Å². The number of hydrogen-bond acceptors (Lipinski definition) is 8. The highest BCUT2D eigenvalue weighted by atomic mass is 28.4. The number of hydrogen-bond donors (Lipinski definition) is 2. The van der Waals surface area contributed by atoms with Crippen LogP contribution >= 0.6 is 0 Å². The highest BCUT2D eigenvalue weighted by molar-refractivity contribution is 6.84. The average molecular weight is 597 g/mol. The average Bonchev–Trinajstić information content (AvgIpc) is 2.89.